The Morgan fingerprint density at radius 3 is 2.53 bits per heavy atom. The van der Waals surface area contributed by atoms with Crippen LogP contribution >= 0.6 is 22.6 Å². The summed E-state index contributed by atoms with van der Waals surface area (Å²) in [6, 6.07) is 5.80. The molecule has 3 rings (SSSR count). The monoisotopic (exact) mass is 526 g/mol. The van der Waals surface area contributed by atoms with Crippen LogP contribution in [0.15, 0.2) is 18.2 Å². The standard InChI is InChI=1S/C23H31IN2O4/c1-23(2,3)30-22(28)25-12-13-26-18-14-16(21(27)29-4)10-11-17(18)19(20(26)24)15-8-6-5-7-9-15/h10-11,14-15H,5-9,12-13H2,1-4H3,(H,25,28). The van der Waals surface area contributed by atoms with Crippen LogP contribution in [0.3, 0.4) is 0 Å². The SMILES string of the molecule is COC(=O)c1ccc2c(C3CCCCC3)c(I)n(CCNC(=O)OC(C)(C)C)c2c1. The average Bonchev–Trinajstić information content (AvgIpc) is 2.97. The van der Waals surface area contributed by atoms with Crippen LogP contribution in [0.4, 0.5) is 4.79 Å². The van der Waals surface area contributed by atoms with Crippen molar-refractivity contribution in [2.75, 3.05) is 13.7 Å². The molecular formula is C23H31IN2O4. The molecule has 1 aliphatic carbocycles. The summed E-state index contributed by atoms with van der Waals surface area (Å²) in [5.74, 6) is 0.197. The van der Waals surface area contributed by atoms with E-state index >= 15 is 0 Å². The summed E-state index contributed by atoms with van der Waals surface area (Å²) < 4.78 is 13.6. The number of carbonyl (C=O) groups is 2. The zero-order valence-corrected chi connectivity index (χ0v) is 20.4. The normalized spacial score (nSPS) is 15.2. The largest absolute Gasteiger partial charge is 0.465 e. The van der Waals surface area contributed by atoms with Gasteiger partial charge in [-0.3, -0.25) is 0 Å². The van der Waals surface area contributed by atoms with Crippen LogP contribution in [0.1, 0.15) is 74.7 Å². The smallest absolute Gasteiger partial charge is 0.407 e. The lowest BCUT2D eigenvalue weighted by Crippen LogP contribution is -2.34. The molecule has 1 fully saturated rings. The van der Waals surface area contributed by atoms with E-state index in [9.17, 15) is 9.59 Å². The number of nitrogens with zero attached hydrogens (tertiary/aromatic N) is 1. The number of nitrogens with one attached hydrogen (secondary N) is 1. The lowest BCUT2D eigenvalue weighted by atomic mass is 9.84. The molecule has 30 heavy (non-hydrogen) atoms. The Morgan fingerprint density at radius 1 is 1.20 bits per heavy atom. The number of fused-ring (bicyclic) bond motifs is 1. The zero-order chi connectivity index (χ0) is 21.9. The van der Waals surface area contributed by atoms with Gasteiger partial charge < -0.3 is 19.4 Å². The second kappa shape index (κ2) is 9.58. The average molecular weight is 526 g/mol. The molecule has 6 nitrogen and oxygen atoms in total. The van der Waals surface area contributed by atoms with E-state index in [0.29, 0.717) is 24.6 Å². The second-order valence-corrected chi connectivity index (χ2v) is 9.87. The molecule has 164 valence electrons. The second-order valence-electron chi connectivity index (χ2n) is 8.84. The summed E-state index contributed by atoms with van der Waals surface area (Å²) in [6.07, 6.45) is 5.80. The zero-order valence-electron chi connectivity index (χ0n) is 18.2. The number of amides is 1. The maximum Gasteiger partial charge on any atom is 0.407 e. The van der Waals surface area contributed by atoms with Crippen LogP contribution in [0.2, 0.25) is 0 Å². The van der Waals surface area contributed by atoms with Gasteiger partial charge in [0.25, 0.3) is 0 Å². The maximum absolute atomic E-state index is 12.1. The summed E-state index contributed by atoms with van der Waals surface area (Å²) in [7, 11) is 1.40. The van der Waals surface area contributed by atoms with Gasteiger partial charge in [0.15, 0.2) is 0 Å². The molecule has 0 aliphatic heterocycles. The van der Waals surface area contributed by atoms with E-state index in [1.165, 1.54) is 53.9 Å². The van der Waals surface area contributed by atoms with E-state index < -0.39 is 11.7 Å². The minimum atomic E-state index is -0.526. The molecule has 0 atom stereocenters. The summed E-state index contributed by atoms with van der Waals surface area (Å²) in [4.78, 5) is 24.1. The third kappa shape index (κ3) is 5.28. The first kappa shape index (κ1) is 22.9. The molecule has 1 aromatic carbocycles. The summed E-state index contributed by atoms with van der Waals surface area (Å²) >= 11 is 2.42. The molecule has 0 radical (unpaired) electrons. The van der Waals surface area contributed by atoms with Gasteiger partial charge in [0.05, 0.1) is 21.9 Å². The fourth-order valence-electron chi connectivity index (χ4n) is 4.17. The summed E-state index contributed by atoms with van der Waals surface area (Å²) in [5.41, 5.74) is 2.39. The predicted molar refractivity (Wildman–Crippen MR) is 126 cm³/mol. The number of esters is 1. The Kier molecular flexibility index (Phi) is 7.31. The Morgan fingerprint density at radius 2 is 1.90 bits per heavy atom. The molecule has 0 spiro atoms. The van der Waals surface area contributed by atoms with Gasteiger partial charge in [-0.05, 0) is 79.8 Å². The third-order valence-corrected chi connectivity index (χ3v) is 6.64. The Bertz CT molecular complexity index is 923. The number of ether oxygens (including phenoxy) is 2. The van der Waals surface area contributed by atoms with Crippen molar-refractivity contribution < 1.29 is 19.1 Å². The molecule has 1 aromatic heterocycles. The van der Waals surface area contributed by atoms with Crippen molar-refractivity contribution >= 4 is 45.6 Å². The minimum absolute atomic E-state index is 0.342. The summed E-state index contributed by atoms with van der Waals surface area (Å²) in [5, 5.41) is 4.03. The van der Waals surface area contributed by atoms with Gasteiger partial charge in [-0.2, -0.15) is 0 Å². The summed E-state index contributed by atoms with van der Waals surface area (Å²) in [6.45, 7) is 6.59. The van der Waals surface area contributed by atoms with Gasteiger partial charge in [0, 0.05) is 18.5 Å². The van der Waals surface area contributed by atoms with Gasteiger partial charge in [-0.15, -0.1) is 0 Å². The van der Waals surface area contributed by atoms with Gasteiger partial charge in [-0.25, -0.2) is 9.59 Å². The quantitative estimate of drug-likeness (QED) is 0.407. The van der Waals surface area contributed by atoms with Crippen molar-refractivity contribution in [3.63, 3.8) is 0 Å². The third-order valence-electron chi connectivity index (χ3n) is 5.48. The molecule has 1 saturated carbocycles. The molecule has 0 unspecified atom stereocenters. The first-order valence-electron chi connectivity index (χ1n) is 10.6. The fourth-order valence-corrected chi connectivity index (χ4v) is 5.40. The number of methoxy groups -OCH3 is 1. The van der Waals surface area contributed by atoms with Crippen LogP contribution in [0.5, 0.6) is 0 Å². The Labute approximate surface area is 191 Å². The molecular weight excluding hydrogens is 495 g/mol. The number of hydrogen-bond donors (Lipinski definition) is 1. The first-order chi connectivity index (χ1) is 14.2. The van der Waals surface area contributed by atoms with E-state index in [0.717, 1.165) is 5.52 Å². The highest BCUT2D eigenvalue weighted by Crippen LogP contribution is 2.40. The topological polar surface area (TPSA) is 69.6 Å². The molecule has 1 amide bonds. The van der Waals surface area contributed by atoms with E-state index in [1.807, 2.05) is 39.0 Å². The van der Waals surface area contributed by atoms with Gasteiger partial charge in [0.1, 0.15) is 5.60 Å². The number of rotatable bonds is 5. The van der Waals surface area contributed by atoms with Crippen molar-refractivity contribution in [2.24, 2.45) is 0 Å². The molecule has 0 bridgehead atoms. The number of aromatic nitrogens is 1. The molecule has 1 heterocycles. The minimum Gasteiger partial charge on any atom is -0.465 e. The van der Waals surface area contributed by atoms with Crippen molar-refractivity contribution in [3.05, 3.63) is 33.0 Å². The van der Waals surface area contributed by atoms with Crippen molar-refractivity contribution in [3.8, 4) is 0 Å². The van der Waals surface area contributed by atoms with E-state index in [2.05, 4.69) is 32.5 Å². The van der Waals surface area contributed by atoms with Crippen LogP contribution in [-0.2, 0) is 16.0 Å². The Balaban J connectivity index is 1.91. The highest BCUT2D eigenvalue weighted by molar-refractivity contribution is 14.1. The van der Waals surface area contributed by atoms with Gasteiger partial charge >= 0.3 is 12.1 Å². The lowest BCUT2D eigenvalue weighted by Gasteiger charge is -2.22. The number of hydrogen-bond acceptors (Lipinski definition) is 4. The number of halogens is 1. The van der Waals surface area contributed by atoms with Crippen LogP contribution in [0, 0.1) is 3.70 Å². The van der Waals surface area contributed by atoms with E-state index in [1.54, 1.807) is 0 Å². The molecule has 7 heteroatoms. The lowest BCUT2D eigenvalue weighted by molar-refractivity contribution is 0.0525. The first-order valence-corrected chi connectivity index (χ1v) is 11.7. The highest BCUT2D eigenvalue weighted by atomic mass is 127. The van der Waals surface area contributed by atoms with Crippen molar-refractivity contribution in [1.29, 1.82) is 0 Å². The molecule has 2 aromatic rings. The molecule has 1 N–H and O–H groups in total. The molecule has 1 aliphatic rings. The van der Waals surface area contributed by atoms with Crippen molar-refractivity contribution in [1.82, 2.24) is 9.88 Å². The number of alkyl carbamates (subject to hydrolysis) is 1. The van der Waals surface area contributed by atoms with Crippen LogP contribution < -0.4 is 5.32 Å². The van der Waals surface area contributed by atoms with Gasteiger partial charge in [-0.1, -0.05) is 25.3 Å². The van der Waals surface area contributed by atoms with Crippen LogP contribution in [0.25, 0.3) is 10.9 Å². The fraction of sp³-hybridized carbons (Fsp3) is 0.565. The van der Waals surface area contributed by atoms with E-state index in [4.69, 9.17) is 9.47 Å². The highest BCUT2D eigenvalue weighted by Gasteiger charge is 2.25. The van der Waals surface area contributed by atoms with Crippen LogP contribution in [-0.4, -0.2) is 35.9 Å². The van der Waals surface area contributed by atoms with E-state index in [-0.39, 0.29) is 5.97 Å². The number of benzene rings is 1. The maximum atomic E-state index is 12.1. The Hall–Kier alpha value is -1.77. The predicted octanol–water partition coefficient (Wildman–Crippen LogP) is 5.60. The van der Waals surface area contributed by atoms with Gasteiger partial charge in [0.2, 0.25) is 0 Å². The number of carbonyl (C=O) groups excluding carboxylic acids is 2. The molecule has 0 saturated heterocycles. The van der Waals surface area contributed by atoms with Crippen molar-refractivity contribution in [2.45, 2.75) is 70.9 Å².